The average molecular weight is 383 g/mol. The van der Waals surface area contributed by atoms with Gasteiger partial charge < -0.3 is 10.1 Å². The quantitative estimate of drug-likeness (QED) is 0.798. The van der Waals surface area contributed by atoms with Crippen molar-refractivity contribution in [2.45, 2.75) is 33.1 Å². The van der Waals surface area contributed by atoms with Gasteiger partial charge in [0.2, 0.25) is 0 Å². The van der Waals surface area contributed by atoms with E-state index < -0.39 is 0 Å². The molecule has 0 bridgehead atoms. The van der Waals surface area contributed by atoms with Gasteiger partial charge in [-0.25, -0.2) is 0 Å². The van der Waals surface area contributed by atoms with Crippen molar-refractivity contribution in [3.05, 3.63) is 26.7 Å². The molecule has 1 fully saturated rings. The van der Waals surface area contributed by atoms with Gasteiger partial charge >= 0.3 is 0 Å². The maximum atomic E-state index is 6.22. The highest BCUT2D eigenvalue weighted by atomic mass is 79.9. The van der Waals surface area contributed by atoms with Gasteiger partial charge in [0.25, 0.3) is 0 Å². The molecule has 2 rings (SSSR count). The Morgan fingerprint density at radius 1 is 1.35 bits per heavy atom. The molecular formula is C15H22BrCl2NO. The fourth-order valence-electron chi connectivity index (χ4n) is 2.51. The first-order valence-corrected chi connectivity index (χ1v) is 8.05. The minimum atomic E-state index is 0. The molecule has 0 aliphatic carbocycles. The minimum absolute atomic E-state index is 0. The van der Waals surface area contributed by atoms with Crippen molar-refractivity contribution >= 4 is 39.9 Å². The van der Waals surface area contributed by atoms with Gasteiger partial charge in [-0.05, 0) is 85.2 Å². The molecule has 0 amide bonds. The normalized spacial score (nSPS) is 15.8. The molecule has 1 aliphatic rings. The molecule has 1 saturated heterocycles. The fraction of sp³-hybridized carbons (Fsp3) is 0.600. The summed E-state index contributed by atoms with van der Waals surface area (Å²) in [7, 11) is 0. The van der Waals surface area contributed by atoms with Gasteiger partial charge in [0.15, 0.2) is 0 Å². The Morgan fingerprint density at radius 2 is 2.00 bits per heavy atom. The lowest BCUT2D eigenvalue weighted by atomic mass is 9.95. The van der Waals surface area contributed by atoms with Gasteiger partial charge in [0, 0.05) is 5.02 Å². The lowest BCUT2D eigenvalue weighted by Crippen LogP contribution is -2.28. The molecule has 1 heterocycles. The molecule has 0 atom stereocenters. The Kier molecular flexibility index (Phi) is 7.67. The third-order valence-electron chi connectivity index (χ3n) is 3.81. The Labute approximate surface area is 141 Å². The van der Waals surface area contributed by atoms with Crippen molar-refractivity contribution in [1.29, 1.82) is 0 Å². The molecule has 1 aliphatic heterocycles. The van der Waals surface area contributed by atoms with E-state index in [2.05, 4.69) is 21.2 Å². The van der Waals surface area contributed by atoms with Crippen LogP contribution in [0.4, 0.5) is 0 Å². The lowest BCUT2D eigenvalue weighted by molar-refractivity contribution is 0.250. The maximum Gasteiger partial charge on any atom is 0.134 e. The van der Waals surface area contributed by atoms with E-state index >= 15 is 0 Å². The average Bonchev–Trinajstić information content (AvgIpc) is 2.43. The molecule has 0 spiro atoms. The Hall–Kier alpha value is 0.0400. The third kappa shape index (κ3) is 4.52. The van der Waals surface area contributed by atoms with Gasteiger partial charge in [-0.1, -0.05) is 11.6 Å². The Bertz CT molecular complexity index is 448. The molecule has 0 aromatic heterocycles. The van der Waals surface area contributed by atoms with Crippen LogP contribution in [0.2, 0.25) is 5.02 Å². The lowest BCUT2D eigenvalue weighted by Gasteiger charge is -2.22. The van der Waals surface area contributed by atoms with Crippen molar-refractivity contribution in [3.8, 4) is 5.75 Å². The van der Waals surface area contributed by atoms with Crippen LogP contribution in [0.3, 0.4) is 0 Å². The molecule has 0 radical (unpaired) electrons. The van der Waals surface area contributed by atoms with Gasteiger partial charge in [-0.15, -0.1) is 12.4 Å². The van der Waals surface area contributed by atoms with Crippen LogP contribution in [0.1, 0.15) is 30.4 Å². The first-order valence-electron chi connectivity index (χ1n) is 6.88. The first kappa shape index (κ1) is 18.1. The highest BCUT2D eigenvalue weighted by Gasteiger charge is 2.14. The number of nitrogens with one attached hydrogen (secondary N) is 1. The summed E-state index contributed by atoms with van der Waals surface area (Å²) in [6, 6.07) is 2.02. The largest absolute Gasteiger partial charge is 0.492 e. The molecule has 2 nitrogen and oxygen atoms in total. The summed E-state index contributed by atoms with van der Waals surface area (Å²) < 4.78 is 6.91. The monoisotopic (exact) mass is 381 g/mol. The predicted octanol–water partition coefficient (Wildman–Crippen LogP) is 4.91. The van der Waals surface area contributed by atoms with Crippen LogP contribution >= 0.6 is 39.9 Å². The topological polar surface area (TPSA) is 21.3 Å². The van der Waals surface area contributed by atoms with Crippen molar-refractivity contribution < 1.29 is 4.74 Å². The molecule has 20 heavy (non-hydrogen) atoms. The second-order valence-corrected chi connectivity index (χ2v) is 6.45. The summed E-state index contributed by atoms with van der Waals surface area (Å²) in [5.41, 5.74) is 2.12. The predicted molar refractivity (Wildman–Crippen MR) is 91.6 cm³/mol. The summed E-state index contributed by atoms with van der Waals surface area (Å²) in [4.78, 5) is 0. The summed E-state index contributed by atoms with van der Waals surface area (Å²) >= 11 is 9.79. The van der Waals surface area contributed by atoms with Crippen LogP contribution in [-0.2, 0) is 0 Å². The van der Waals surface area contributed by atoms with Crippen molar-refractivity contribution in [2.24, 2.45) is 5.92 Å². The van der Waals surface area contributed by atoms with E-state index in [0.717, 1.165) is 58.4 Å². The smallest absolute Gasteiger partial charge is 0.134 e. The van der Waals surface area contributed by atoms with E-state index in [0.29, 0.717) is 0 Å². The molecule has 0 saturated carbocycles. The van der Waals surface area contributed by atoms with Gasteiger partial charge in [-0.2, -0.15) is 0 Å². The van der Waals surface area contributed by atoms with E-state index in [1.807, 2.05) is 19.9 Å². The number of ether oxygens (including phenoxy) is 1. The zero-order valence-corrected chi connectivity index (χ0v) is 15.1. The zero-order chi connectivity index (χ0) is 13.8. The standard InChI is InChI=1S/C15H21BrClNO.ClH/c1-10-9-13(14(16)11(2)15(10)17)19-8-5-12-3-6-18-7-4-12;/h9,12,18H,3-8H2,1-2H3;1H. The van der Waals surface area contributed by atoms with Crippen LogP contribution in [0.25, 0.3) is 0 Å². The highest BCUT2D eigenvalue weighted by molar-refractivity contribution is 9.10. The number of halogens is 3. The first-order chi connectivity index (χ1) is 9.09. The van der Waals surface area contributed by atoms with E-state index in [4.69, 9.17) is 16.3 Å². The summed E-state index contributed by atoms with van der Waals surface area (Å²) in [6.07, 6.45) is 3.67. The maximum absolute atomic E-state index is 6.22. The van der Waals surface area contributed by atoms with Gasteiger partial charge in [-0.3, -0.25) is 0 Å². The SMILES string of the molecule is Cc1cc(OCCC2CCNCC2)c(Br)c(C)c1Cl.Cl. The van der Waals surface area contributed by atoms with E-state index in [9.17, 15) is 0 Å². The van der Waals surface area contributed by atoms with Crippen LogP contribution in [0.5, 0.6) is 5.75 Å². The van der Waals surface area contributed by atoms with Crippen molar-refractivity contribution in [1.82, 2.24) is 5.32 Å². The van der Waals surface area contributed by atoms with Crippen LogP contribution in [0.15, 0.2) is 10.5 Å². The minimum Gasteiger partial charge on any atom is -0.492 e. The number of aryl methyl sites for hydroxylation is 1. The number of rotatable bonds is 4. The van der Waals surface area contributed by atoms with Gasteiger partial charge in [0.1, 0.15) is 5.75 Å². The molecule has 5 heteroatoms. The van der Waals surface area contributed by atoms with Crippen LogP contribution in [0, 0.1) is 19.8 Å². The highest BCUT2D eigenvalue weighted by Crippen LogP contribution is 2.35. The van der Waals surface area contributed by atoms with E-state index in [1.54, 1.807) is 0 Å². The summed E-state index contributed by atoms with van der Waals surface area (Å²) in [5.74, 6) is 1.71. The number of hydrogen-bond acceptors (Lipinski definition) is 2. The molecular weight excluding hydrogens is 361 g/mol. The van der Waals surface area contributed by atoms with Gasteiger partial charge in [0.05, 0.1) is 11.1 Å². The summed E-state index contributed by atoms with van der Waals surface area (Å²) in [5, 5.41) is 4.21. The Morgan fingerprint density at radius 3 is 2.65 bits per heavy atom. The molecule has 1 N–H and O–H groups in total. The molecule has 1 aromatic carbocycles. The molecule has 1 aromatic rings. The second-order valence-electron chi connectivity index (χ2n) is 5.28. The van der Waals surface area contributed by atoms with Crippen LogP contribution in [-0.4, -0.2) is 19.7 Å². The van der Waals surface area contributed by atoms with Crippen molar-refractivity contribution in [3.63, 3.8) is 0 Å². The summed E-state index contributed by atoms with van der Waals surface area (Å²) in [6.45, 7) is 7.10. The second kappa shape index (κ2) is 8.47. The Balaban J connectivity index is 0.00000200. The van der Waals surface area contributed by atoms with Crippen molar-refractivity contribution in [2.75, 3.05) is 19.7 Å². The van der Waals surface area contributed by atoms with E-state index in [1.165, 1.54) is 12.8 Å². The third-order valence-corrected chi connectivity index (χ3v) is 5.38. The number of hydrogen-bond donors (Lipinski definition) is 1. The van der Waals surface area contributed by atoms with E-state index in [-0.39, 0.29) is 12.4 Å². The molecule has 0 unspecified atom stereocenters. The number of benzene rings is 1. The zero-order valence-electron chi connectivity index (χ0n) is 12.0. The molecule has 114 valence electrons. The number of piperidine rings is 1. The van der Waals surface area contributed by atoms with Crippen LogP contribution < -0.4 is 10.1 Å². The fourth-order valence-corrected chi connectivity index (χ4v) is 3.20.